The molecule has 5 nitrogen and oxygen atoms in total. The summed E-state index contributed by atoms with van der Waals surface area (Å²) in [5, 5.41) is 0. The van der Waals surface area contributed by atoms with Crippen LogP contribution in [0, 0.1) is 0 Å². The minimum absolute atomic E-state index is 0.480. The molecule has 0 spiro atoms. The number of hydrogen-bond acceptors (Lipinski definition) is 4. The highest BCUT2D eigenvalue weighted by atomic mass is 16.5. The van der Waals surface area contributed by atoms with Crippen molar-refractivity contribution >= 4 is 12.0 Å². The number of methoxy groups -OCH3 is 1. The van der Waals surface area contributed by atoms with Gasteiger partial charge < -0.3 is 9.47 Å². The Morgan fingerprint density at radius 2 is 2.14 bits per heavy atom. The highest BCUT2D eigenvalue weighted by molar-refractivity contribution is 5.91. The molecule has 0 aliphatic carbocycles. The Morgan fingerprint density at radius 1 is 1.36 bits per heavy atom. The first kappa shape index (κ1) is 14.4. The summed E-state index contributed by atoms with van der Waals surface area (Å²) in [6, 6.07) is 7.95. The third-order valence-electron chi connectivity index (χ3n) is 3.62. The van der Waals surface area contributed by atoms with Crippen LogP contribution in [0.2, 0.25) is 0 Å². The molecule has 0 N–H and O–H groups in total. The Kier molecular flexibility index (Phi) is 3.48. The van der Waals surface area contributed by atoms with E-state index in [2.05, 4.69) is 4.99 Å². The van der Waals surface area contributed by atoms with Gasteiger partial charge in [0.25, 0.3) is 0 Å². The minimum atomic E-state index is -0.480. The lowest BCUT2D eigenvalue weighted by atomic mass is 10.1. The highest BCUT2D eigenvalue weighted by Crippen LogP contribution is 2.39. The number of fused-ring (bicyclic) bond motifs is 3. The van der Waals surface area contributed by atoms with Crippen molar-refractivity contribution in [1.29, 1.82) is 0 Å². The Hall–Kier alpha value is -2.56. The van der Waals surface area contributed by atoms with Crippen LogP contribution in [0.5, 0.6) is 5.75 Å². The van der Waals surface area contributed by atoms with Gasteiger partial charge in [0.1, 0.15) is 11.6 Å². The molecule has 0 unspecified atom stereocenters. The summed E-state index contributed by atoms with van der Waals surface area (Å²) in [6.07, 6.45) is 5.66. The van der Waals surface area contributed by atoms with Gasteiger partial charge in [-0.05, 0) is 32.1 Å². The number of hydrogen-bond donors (Lipinski definition) is 0. The number of benzene rings is 1. The van der Waals surface area contributed by atoms with E-state index in [0.717, 1.165) is 22.8 Å². The van der Waals surface area contributed by atoms with Crippen LogP contribution in [-0.2, 0) is 10.5 Å². The van der Waals surface area contributed by atoms with Gasteiger partial charge in [0, 0.05) is 19.3 Å². The summed E-state index contributed by atoms with van der Waals surface area (Å²) in [6.45, 7) is 4.05. The second-order valence-corrected chi connectivity index (χ2v) is 5.50. The van der Waals surface area contributed by atoms with Crippen LogP contribution in [0.1, 0.15) is 19.5 Å². The van der Waals surface area contributed by atoms with Gasteiger partial charge in [-0.15, -0.1) is 0 Å². The lowest BCUT2D eigenvalue weighted by Crippen LogP contribution is -2.35. The van der Waals surface area contributed by atoms with E-state index in [1.54, 1.807) is 20.2 Å². The molecule has 1 aliphatic heterocycles. The molecule has 0 saturated carbocycles. The number of ether oxygens (including phenoxy) is 2. The molecule has 114 valence electrons. The predicted molar refractivity (Wildman–Crippen MR) is 87.0 cm³/mol. The SMILES string of the molecule is C/N=C(\C=C\c1cn2c(n1)-c1ccccc1OC2(C)C)OC. The van der Waals surface area contributed by atoms with Crippen molar-refractivity contribution in [3.05, 3.63) is 42.2 Å². The smallest absolute Gasteiger partial charge is 0.208 e. The van der Waals surface area contributed by atoms with Gasteiger partial charge in [-0.25, -0.2) is 4.98 Å². The summed E-state index contributed by atoms with van der Waals surface area (Å²) in [4.78, 5) is 8.73. The largest absolute Gasteiger partial charge is 0.481 e. The zero-order valence-electron chi connectivity index (χ0n) is 13.2. The van der Waals surface area contributed by atoms with Crippen LogP contribution in [-0.4, -0.2) is 29.6 Å². The molecule has 0 fully saturated rings. The fourth-order valence-corrected chi connectivity index (χ4v) is 2.53. The normalized spacial score (nSPS) is 16.1. The Bertz CT molecular complexity index is 757. The van der Waals surface area contributed by atoms with E-state index in [-0.39, 0.29) is 0 Å². The number of para-hydroxylation sites is 1. The maximum Gasteiger partial charge on any atom is 0.208 e. The number of imidazole rings is 1. The van der Waals surface area contributed by atoms with Gasteiger partial charge >= 0.3 is 0 Å². The maximum atomic E-state index is 6.08. The van der Waals surface area contributed by atoms with E-state index in [1.165, 1.54) is 0 Å². The van der Waals surface area contributed by atoms with E-state index in [1.807, 2.05) is 55.0 Å². The molecule has 3 rings (SSSR count). The van der Waals surface area contributed by atoms with E-state index in [0.29, 0.717) is 5.90 Å². The van der Waals surface area contributed by atoms with Gasteiger partial charge in [-0.3, -0.25) is 9.56 Å². The summed E-state index contributed by atoms with van der Waals surface area (Å²) < 4.78 is 13.2. The zero-order chi connectivity index (χ0) is 15.7. The molecule has 0 atom stereocenters. The van der Waals surface area contributed by atoms with Crippen LogP contribution in [0.3, 0.4) is 0 Å². The van der Waals surface area contributed by atoms with E-state index < -0.39 is 5.72 Å². The van der Waals surface area contributed by atoms with Crippen LogP contribution in [0.4, 0.5) is 0 Å². The van der Waals surface area contributed by atoms with Crippen LogP contribution >= 0.6 is 0 Å². The standard InChI is InChI=1S/C17H19N3O2/c1-17(2)20-11-12(9-10-15(18-3)21-4)19-16(20)13-7-5-6-8-14(13)22-17/h5-11H,1-4H3/b10-9+,18-15+. The van der Waals surface area contributed by atoms with Gasteiger partial charge in [0.05, 0.1) is 18.4 Å². The van der Waals surface area contributed by atoms with Crippen molar-refractivity contribution in [3.63, 3.8) is 0 Å². The molecule has 22 heavy (non-hydrogen) atoms. The van der Waals surface area contributed by atoms with E-state index in [9.17, 15) is 0 Å². The average molecular weight is 297 g/mol. The Morgan fingerprint density at radius 3 is 2.86 bits per heavy atom. The molecule has 1 aliphatic rings. The second kappa shape index (κ2) is 5.33. The first-order valence-corrected chi connectivity index (χ1v) is 7.12. The minimum Gasteiger partial charge on any atom is -0.481 e. The quantitative estimate of drug-likeness (QED) is 0.631. The van der Waals surface area contributed by atoms with Gasteiger partial charge in [-0.2, -0.15) is 0 Å². The van der Waals surface area contributed by atoms with E-state index in [4.69, 9.17) is 14.5 Å². The molecule has 1 aromatic heterocycles. The maximum absolute atomic E-state index is 6.08. The predicted octanol–water partition coefficient (Wildman–Crippen LogP) is 3.32. The lowest BCUT2D eigenvalue weighted by molar-refractivity contribution is 0.0264. The van der Waals surface area contributed by atoms with Crippen LogP contribution < -0.4 is 4.74 Å². The lowest BCUT2D eigenvalue weighted by Gasteiger charge is -2.34. The third-order valence-corrected chi connectivity index (χ3v) is 3.62. The molecule has 0 saturated heterocycles. The monoisotopic (exact) mass is 297 g/mol. The summed E-state index contributed by atoms with van der Waals surface area (Å²) in [5.74, 6) is 2.31. The van der Waals surface area contributed by atoms with Crippen molar-refractivity contribution in [2.45, 2.75) is 19.6 Å². The zero-order valence-corrected chi connectivity index (χ0v) is 13.2. The Balaban J connectivity index is 2.06. The average Bonchev–Trinajstić information content (AvgIpc) is 2.93. The van der Waals surface area contributed by atoms with Gasteiger partial charge in [0.15, 0.2) is 5.72 Å². The number of nitrogens with zero attached hydrogens (tertiary/aromatic N) is 3. The molecular formula is C17H19N3O2. The molecule has 2 heterocycles. The summed E-state index contributed by atoms with van der Waals surface area (Å²) in [7, 11) is 3.28. The topological polar surface area (TPSA) is 48.6 Å². The van der Waals surface area contributed by atoms with E-state index >= 15 is 0 Å². The molecule has 1 aromatic carbocycles. The molecule has 0 bridgehead atoms. The molecule has 2 aromatic rings. The molecule has 0 amide bonds. The van der Waals surface area contributed by atoms with Gasteiger partial charge in [-0.1, -0.05) is 12.1 Å². The number of aliphatic imine (C=N–C) groups is 1. The summed E-state index contributed by atoms with van der Waals surface area (Å²) in [5.41, 5.74) is 1.35. The van der Waals surface area contributed by atoms with Crippen LogP contribution in [0.25, 0.3) is 17.5 Å². The first-order chi connectivity index (χ1) is 10.5. The molecule has 0 radical (unpaired) electrons. The second-order valence-electron chi connectivity index (χ2n) is 5.50. The summed E-state index contributed by atoms with van der Waals surface area (Å²) >= 11 is 0. The van der Waals surface area contributed by atoms with Gasteiger partial charge in [0.2, 0.25) is 5.90 Å². The number of rotatable bonds is 2. The van der Waals surface area contributed by atoms with Crippen molar-refractivity contribution in [3.8, 4) is 17.1 Å². The van der Waals surface area contributed by atoms with Crippen molar-refractivity contribution in [2.24, 2.45) is 4.99 Å². The number of aromatic nitrogens is 2. The third kappa shape index (κ3) is 2.39. The first-order valence-electron chi connectivity index (χ1n) is 7.12. The molecular weight excluding hydrogens is 278 g/mol. The fourth-order valence-electron chi connectivity index (χ4n) is 2.53. The molecule has 5 heteroatoms. The fraction of sp³-hybridized carbons (Fsp3) is 0.294. The van der Waals surface area contributed by atoms with Crippen molar-refractivity contribution in [1.82, 2.24) is 9.55 Å². The van der Waals surface area contributed by atoms with Crippen molar-refractivity contribution in [2.75, 3.05) is 14.2 Å². The highest BCUT2D eigenvalue weighted by Gasteiger charge is 2.32. The van der Waals surface area contributed by atoms with Crippen LogP contribution in [0.15, 0.2) is 41.5 Å². The Labute approximate surface area is 129 Å². The van der Waals surface area contributed by atoms with Crippen molar-refractivity contribution < 1.29 is 9.47 Å².